The van der Waals surface area contributed by atoms with Crippen LogP contribution >= 0.6 is 0 Å². The number of non-ortho nitro benzene ring substituents is 1. The molecule has 1 aromatic carbocycles. The number of methoxy groups -OCH3 is 1. The molecule has 120 valence electrons. The molecular weight excluding hydrogens is 288 g/mol. The molecule has 0 aromatic heterocycles. The van der Waals surface area contributed by atoms with E-state index < -0.39 is 4.92 Å². The highest BCUT2D eigenvalue weighted by Gasteiger charge is 2.16. The zero-order valence-corrected chi connectivity index (χ0v) is 13.0. The van der Waals surface area contributed by atoms with Crippen LogP contribution in [0.15, 0.2) is 30.4 Å². The summed E-state index contributed by atoms with van der Waals surface area (Å²) in [7, 11) is 1.43. The average molecular weight is 308 g/mol. The highest BCUT2D eigenvalue weighted by atomic mass is 16.6. The van der Waals surface area contributed by atoms with E-state index in [0.29, 0.717) is 18.8 Å². The monoisotopic (exact) mass is 308 g/mol. The summed E-state index contributed by atoms with van der Waals surface area (Å²) in [4.78, 5) is 23.9. The summed E-state index contributed by atoms with van der Waals surface area (Å²) in [6, 6.07) is 3.98. The normalized spacial score (nSPS) is 9.95. The van der Waals surface area contributed by atoms with Gasteiger partial charge in [-0.3, -0.25) is 14.9 Å². The first-order chi connectivity index (χ1) is 10.4. The highest BCUT2D eigenvalue weighted by Crippen LogP contribution is 2.31. The molecule has 0 radical (unpaired) electrons. The van der Waals surface area contributed by atoms with Gasteiger partial charge in [-0.1, -0.05) is 12.2 Å². The SMILES string of the molecule is C=C(C)CN(CC)C(=O)COc1cc([N+](=O)[O-])ccc1OC. The summed E-state index contributed by atoms with van der Waals surface area (Å²) < 4.78 is 10.5. The lowest BCUT2D eigenvalue weighted by Gasteiger charge is -2.21. The molecule has 0 spiro atoms. The van der Waals surface area contributed by atoms with Crippen molar-refractivity contribution in [3.63, 3.8) is 0 Å². The van der Waals surface area contributed by atoms with Gasteiger partial charge in [-0.25, -0.2) is 0 Å². The predicted molar refractivity (Wildman–Crippen MR) is 82.2 cm³/mol. The van der Waals surface area contributed by atoms with E-state index in [4.69, 9.17) is 9.47 Å². The van der Waals surface area contributed by atoms with E-state index in [2.05, 4.69) is 6.58 Å². The van der Waals surface area contributed by atoms with E-state index >= 15 is 0 Å². The van der Waals surface area contributed by atoms with Gasteiger partial charge in [0.1, 0.15) is 0 Å². The Labute approximate surface area is 129 Å². The van der Waals surface area contributed by atoms with E-state index in [0.717, 1.165) is 5.57 Å². The van der Waals surface area contributed by atoms with Gasteiger partial charge in [0.2, 0.25) is 0 Å². The Morgan fingerprint density at radius 1 is 1.41 bits per heavy atom. The average Bonchev–Trinajstić information content (AvgIpc) is 2.49. The van der Waals surface area contributed by atoms with Gasteiger partial charge in [-0.15, -0.1) is 0 Å². The summed E-state index contributed by atoms with van der Waals surface area (Å²) >= 11 is 0. The number of likely N-dealkylation sites (N-methyl/N-ethyl adjacent to an activating group) is 1. The lowest BCUT2D eigenvalue weighted by molar-refractivity contribution is -0.385. The standard InChI is InChI=1S/C15H20N2O5/c1-5-16(9-11(2)3)15(18)10-22-14-8-12(17(19)20)6-7-13(14)21-4/h6-8H,2,5,9-10H2,1,3-4H3. The van der Waals surface area contributed by atoms with Gasteiger partial charge in [0.25, 0.3) is 11.6 Å². The first-order valence-corrected chi connectivity index (χ1v) is 6.76. The van der Waals surface area contributed by atoms with Crippen molar-refractivity contribution in [2.75, 3.05) is 26.8 Å². The van der Waals surface area contributed by atoms with E-state index in [9.17, 15) is 14.9 Å². The maximum Gasteiger partial charge on any atom is 0.273 e. The molecule has 0 saturated carbocycles. The van der Waals surface area contributed by atoms with Crippen molar-refractivity contribution >= 4 is 11.6 Å². The minimum Gasteiger partial charge on any atom is -0.493 e. The van der Waals surface area contributed by atoms with E-state index in [1.807, 2.05) is 13.8 Å². The minimum absolute atomic E-state index is 0.127. The molecule has 0 atom stereocenters. The molecule has 0 aliphatic carbocycles. The number of rotatable bonds is 8. The fraction of sp³-hybridized carbons (Fsp3) is 0.400. The molecule has 0 fully saturated rings. The molecule has 0 heterocycles. The first kappa shape index (κ1) is 17.5. The van der Waals surface area contributed by atoms with Crippen molar-refractivity contribution in [2.24, 2.45) is 0 Å². The number of benzene rings is 1. The van der Waals surface area contributed by atoms with E-state index in [-0.39, 0.29) is 24.0 Å². The molecule has 0 N–H and O–H groups in total. The number of nitro groups is 1. The highest BCUT2D eigenvalue weighted by molar-refractivity contribution is 5.78. The number of nitro benzene ring substituents is 1. The van der Waals surface area contributed by atoms with Gasteiger partial charge in [-0.2, -0.15) is 0 Å². The number of hydrogen-bond acceptors (Lipinski definition) is 5. The molecule has 0 saturated heterocycles. The Hall–Kier alpha value is -2.57. The van der Waals surface area contributed by atoms with Crippen LogP contribution in [0.5, 0.6) is 11.5 Å². The summed E-state index contributed by atoms with van der Waals surface area (Å²) in [5, 5.41) is 10.8. The van der Waals surface area contributed by atoms with Crippen LogP contribution in [0.4, 0.5) is 5.69 Å². The van der Waals surface area contributed by atoms with Crippen LogP contribution in [0, 0.1) is 10.1 Å². The number of ether oxygens (including phenoxy) is 2. The van der Waals surface area contributed by atoms with Gasteiger partial charge < -0.3 is 14.4 Å². The Morgan fingerprint density at radius 3 is 2.59 bits per heavy atom. The second-order valence-electron chi connectivity index (χ2n) is 4.75. The van der Waals surface area contributed by atoms with Crippen molar-refractivity contribution in [3.8, 4) is 11.5 Å². The number of amides is 1. The van der Waals surface area contributed by atoms with Crippen molar-refractivity contribution < 1.29 is 19.2 Å². The first-order valence-electron chi connectivity index (χ1n) is 6.76. The second-order valence-corrected chi connectivity index (χ2v) is 4.75. The van der Waals surface area contributed by atoms with Crippen LogP contribution in [0.2, 0.25) is 0 Å². The molecule has 22 heavy (non-hydrogen) atoms. The molecule has 7 nitrogen and oxygen atoms in total. The molecule has 0 aliphatic heterocycles. The van der Waals surface area contributed by atoms with Gasteiger partial charge in [0.05, 0.1) is 18.1 Å². The van der Waals surface area contributed by atoms with Gasteiger partial charge in [-0.05, 0) is 19.9 Å². The summed E-state index contributed by atoms with van der Waals surface area (Å²) in [5.74, 6) is 0.275. The van der Waals surface area contributed by atoms with Gasteiger partial charge in [0, 0.05) is 19.2 Å². The largest absolute Gasteiger partial charge is 0.493 e. The molecule has 0 unspecified atom stereocenters. The summed E-state index contributed by atoms with van der Waals surface area (Å²) in [6.45, 7) is 8.22. The zero-order valence-electron chi connectivity index (χ0n) is 13.0. The van der Waals surface area contributed by atoms with E-state index in [1.54, 1.807) is 4.90 Å². The van der Waals surface area contributed by atoms with Gasteiger partial charge >= 0.3 is 0 Å². The summed E-state index contributed by atoms with van der Waals surface area (Å²) in [5.41, 5.74) is 0.737. The molecule has 7 heteroatoms. The van der Waals surface area contributed by atoms with Crippen LogP contribution in [-0.2, 0) is 4.79 Å². The number of nitrogens with zero attached hydrogens (tertiary/aromatic N) is 2. The fourth-order valence-electron chi connectivity index (χ4n) is 1.82. The van der Waals surface area contributed by atoms with Crippen LogP contribution in [0.3, 0.4) is 0 Å². The van der Waals surface area contributed by atoms with Crippen LogP contribution in [0.1, 0.15) is 13.8 Å². The summed E-state index contributed by atoms with van der Waals surface area (Å²) in [6.07, 6.45) is 0. The molecule has 1 amide bonds. The third-order valence-corrected chi connectivity index (χ3v) is 2.90. The maximum atomic E-state index is 12.1. The maximum absolute atomic E-state index is 12.1. The molecular formula is C15H20N2O5. The number of hydrogen-bond donors (Lipinski definition) is 0. The third-order valence-electron chi connectivity index (χ3n) is 2.90. The molecule has 0 aliphatic rings. The molecule has 1 aromatic rings. The lowest BCUT2D eigenvalue weighted by atomic mass is 10.3. The molecule has 0 bridgehead atoms. The van der Waals surface area contributed by atoms with Crippen molar-refractivity contribution in [2.45, 2.75) is 13.8 Å². The second kappa shape index (κ2) is 8.02. The molecule has 1 rings (SSSR count). The third kappa shape index (κ3) is 4.76. The number of carbonyl (C=O) groups is 1. The minimum atomic E-state index is -0.534. The Bertz CT molecular complexity index is 571. The predicted octanol–water partition coefficient (Wildman–Crippen LogP) is 2.41. The van der Waals surface area contributed by atoms with Crippen molar-refractivity contribution in [3.05, 3.63) is 40.5 Å². The Kier molecular flexibility index (Phi) is 6.37. The zero-order chi connectivity index (χ0) is 16.7. The lowest BCUT2D eigenvalue weighted by Crippen LogP contribution is -2.35. The van der Waals surface area contributed by atoms with Crippen LogP contribution in [-0.4, -0.2) is 42.5 Å². The topological polar surface area (TPSA) is 81.9 Å². The van der Waals surface area contributed by atoms with Crippen LogP contribution in [0.25, 0.3) is 0 Å². The Balaban J connectivity index is 2.81. The smallest absolute Gasteiger partial charge is 0.273 e. The van der Waals surface area contributed by atoms with Gasteiger partial charge in [0.15, 0.2) is 18.1 Å². The quantitative estimate of drug-likeness (QED) is 0.418. The number of carbonyl (C=O) groups excluding carboxylic acids is 1. The van der Waals surface area contributed by atoms with Crippen molar-refractivity contribution in [1.82, 2.24) is 4.90 Å². The van der Waals surface area contributed by atoms with Crippen molar-refractivity contribution in [1.29, 1.82) is 0 Å². The Morgan fingerprint density at radius 2 is 2.09 bits per heavy atom. The van der Waals surface area contributed by atoms with E-state index in [1.165, 1.54) is 25.3 Å². The van der Waals surface area contributed by atoms with Crippen LogP contribution < -0.4 is 9.47 Å². The fourth-order valence-corrected chi connectivity index (χ4v) is 1.82.